The first-order chi connectivity index (χ1) is 12.7. The molecule has 3 rings (SSSR count). The van der Waals surface area contributed by atoms with E-state index in [4.69, 9.17) is 4.74 Å². The standard InChI is InChI=1S/C16H23N5O5S/c1-19-10-13(15(22)20(2)16(19)23)27(24,25)18-12-6-4-5-11-9-21(7-8-26-3)17-14(11)12/h9-10,12,18H,4-8H2,1-3H3. The Labute approximate surface area is 156 Å². The fraction of sp³-hybridized carbons (Fsp3) is 0.562. The highest BCUT2D eigenvalue weighted by molar-refractivity contribution is 7.89. The lowest BCUT2D eigenvalue weighted by Gasteiger charge is -2.22. The number of rotatable bonds is 6. The Morgan fingerprint density at radius 2 is 2.04 bits per heavy atom. The lowest BCUT2D eigenvalue weighted by atomic mass is 9.94. The van der Waals surface area contributed by atoms with Crippen LogP contribution in [0.15, 0.2) is 26.9 Å². The number of hydrogen-bond donors (Lipinski definition) is 1. The molecule has 27 heavy (non-hydrogen) atoms. The first-order valence-electron chi connectivity index (χ1n) is 8.58. The number of aromatic nitrogens is 4. The quantitative estimate of drug-likeness (QED) is 0.688. The second-order valence-corrected chi connectivity index (χ2v) is 8.29. The fourth-order valence-corrected chi connectivity index (χ4v) is 4.62. The van der Waals surface area contributed by atoms with Gasteiger partial charge in [-0.3, -0.25) is 14.0 Å². The van der Waals surface area contributed by atoms with Gasteiger partial charge >= 0.3 is 5.69 Å². The van der Waals surface area contributed by atoms with Crippen LogP contribution in [0.3, 0.4) is 0 Å². The Hall–Kier alpha value is -2.24. The summed E-state index contributed by atoms with van der Waals surface area (Å²) in [5.74, 6) is 0. The summed E-state index contributed by atoms with van der Waals surface area (Å²) in [4.78, 5) is 23.6. The molecule has 0 saturated carbocycles. The van der Waals surface area contributed by atoms with Gasteiger partial charge < -0.3 is 9.30 Å². The lowest BCUT2D eigenvalue weighted by Crippen LogP contribution is -2.42. The van der Waals surface area contributed by atoms with E-state index in [0.717, 1.165) is 33.7 Å². The zero-order chi connectivity index (χ0) is 19.8. The number of nitrogens with one attached hydrogen (secondary N) is 1. The molecule has 0 aromatic carbocycles. The number of aryl methyl sites for hydroxylation is 2. The molecule has 1 aliphatic carbocycles. The van der Waals surface area contributed by atoms with Gasteiger partial charge in [0, 0.05) is 33.6 Å². The third-order valence-corrected chi connectivity index (χ3v) is 6.12. The van der Waals surface area contributed by atoms with Gasteiger partial charge in [-0.1, -0.05) is 0 Å². The first kappa shape index (κ1) is 19.5. The normalized spacial score (nSPS) is 17.1. The van der Waals surface area contributed by atoms with Gasteiger partial charge in [-0.25, -0.2) is 17.9 Å². The molecular formula is C16H23N5O5S. The summed E-state index contributed by atoms with van der Waals surface area (Å²) in [6.45, 7) is 1.08. The third-order valence-electron chi connectivity index (χ3n) is 4.67. The van der Waals surface area contributed by atoms with Crippen molar-refractivity contribution in [2.45, 2.75) is 36.7 Å². The highest BCUT2D eigenvalue weighted by atomic mass is 32.2. The molecule has 148 valence electrons. The number of methoxy groups -OCH3 is 1. The number of hydrogen-bond acceptors (Lipinski definition) is 6. The molecule has 1 aliphatic rings. The summed E-state index contributed by atoms with van der Waals surface area (Å²) in [6, 6.07) is -0.524. The summed E-state index contributed by atoms with van der Waals surface area (Å²) in [5, 5.41) is 4.49. The maximum atomic E-state index is 12.8. The SMILES string of the molecule is COCCn1cc2c(n1)C(NS(=O)(=O)c1cn(C)c(=O)n(C)c1=O)CCC2. The molecule has 1 unspecified atom stereocenters. The van der Waals surface area contributed by atoms with Crippen LogP contribution in [0.1, 0.15) is 30.1 Å². The van der Waals surface area contributed by atoms with Crippen LogP contribution in [0.5, 0.6) is 0 Å². The van der Waals surface area contributed by atoms with Crippen molar-refractivity contribution in [3.63, 3.8) is 0 Å². The number of sulfonamides is 1. The van der Waals surface area contributed by atoms with Gasteiger partial charge in [-0.15, -0.1) is 0 Å². The van der Waals surface area contributed by atoms with Gasteiger partial charge in [-0.05, 0) is 24.8 Å². The maximum absolute atomic E-state index is 12.8. The van der Waals surface area contributed by atoms with Crippen LogP contribution in [0.25, 0.3) is 0 Å². The fourth-order valence-electron chi connectivity index (χ4n) is 3.22. The highest BCUT2D eigenvalue weighted by Crippen LogP contribution is 2.29. The molecule has 0 fully saturated rings. The van der Waals surface area contributed by atoms with E-state index in [1.54, 1.807) is 11.8 Å². The molecule has 0 radical (unpaired) electrons. The highest BCUT2D eigenvalue weighted by Gasteiger charge is 2.30. The Morgan fingerprint density at radius 3 is 2.74 bits per heavy atom. The predicted octanol–water partition coefficient (Wildman–Crippen LogP) is -0.717. The first-order valence-corrected chi connectivity index (χ1v) is 10.1. The molecule has 0 spiro atoms. The molecule has 1 atom stereocenters. The van der Waals surface area contributed by atoms with Crippen molar-refractivity contribution in [3.8, 4) is 0 Å². The number of fused-ring (bicyclic) bond motifs is 1. The molecule has 0 aliphatic heterocycles. The summed E-state index contributed by atoms with van der Waals surface area (Å²) in [7, 11) is 0.135. The van der Waals surface area contributed by atoms with Crippen molar-refractivity contribution < 1.29 is 13.2 Å². The summed E-state index contributed by atoms with van der Waals surface area (Å²) < 4.78 is 36.9. The second-order valence-electron chi connectivity index (χ2n) is 6.61. The molecular weight excluding hydrogens is 374 g/mol. The van der Waals surface area contributed by atoms with Crippen LogP contribution in [0.2, 0.25) is 0 Å². The molecule has 2 aromatic rings. The van der Waals surface area contributed by atoms with Crippen molar-refractivity contribution in [2.75, 3.05) is 13.7 Å². The topological polar surface area (TPSA) is 117 Å². The van der Waals surface area contributed by atoms with Gasteiger partial charge in [0.15, 0.2) is 4.90 Å². The molecule has 11 heteroatoms. The molecule has 0 saturated heterocycles. The number of nitrogens with zero attached hydrogens (tertiary/aromatic N) is 4. The van der Waals surface area contributed by atoms with E-state index in [1.807, 2.05) is 6.20 Å². The van der Waals surface area contributed by atoms with Crippen molar-refractivity contribution in [1.29, 1.82) is 0 Å². The zero-order valence-electron chi connectivity index (χ0n) is 15.5. The van der Waals surface area contributed by atoms with Crippen LogP contribution in [0, 0.1) is 0 Å². The maximum Gasteiger partial charge on any atom is 0.330 e. The minimum absolute atomic E-state index is 0.460. The summed E-state index contributed by atoms with van der Waals surface area (Å²) in [5.41, 5.74) is 0.212. The average Bonchev–Trinajstić information content (AvgIpc) is 3.05. The largest absolute Gasteiger partial charge is 0.383 e. The summed E-state index contributed by atoms with van der Waals surface area (Å²) in [6.07, 6.45) is 5.16. The lowest BCUT2D eigenvalue weighted by molar-refractivity contribution is 0.183. The van der Waals surface area contributed by atoms with Gasteiger partial charge in [0.25, 0.3) is 5.56 Å². The zero-order valence-corrected chi connectivity index (χ0v) is 16.3. The molecule has 2 aromatic heterocycles. The van der Waals surface area contributed by atoms with Crippen molar-refractivity contribution in [2.24, 2.45) is 14.1 Å². The predicted molar refractivity (Wildman–Crippen MR) is 97.0 cm³/mol. The van der Waals surface area contributed by atoms with E-state index in [0.29, 0.717) is 25.3 Å². The third kappa shape index (κ3) is 3.75. The monoisotopic (exact) mass is 397 g/mol. The van der Waals surface area contributed by atoms with Crippen molar-refractivity contribution in [1.82, 2.24) is 23.6 Å². The van der Waals surface area contributed by atoms with Crippen LogP contribution in [-0.4, -0.2) is 41.0 Å². The smallest absolute Gasteiger partial charge is 0.330 e. The van der Waals surface area contributed by atoms with Gasteiger partial charge in [-0.2, -0.15) is 5.10 Å². The van der Waals surface area contributed by atoms with E-state index in [-0.39, 0.29) is 0 Å². The molecule has 0 bridgehead atoms. The van der Waals surface area contributed by atoms with Crippen LogP contribution in [-0.2, 0) is 41.8 Å². The van der Waals surface area contributed by atoms with Crippen LogP contribution in [0.4, 0.5) is 0 Å². The molecule has 10 nitrogen and oxygen atoms in total. The van der Waals surface area contributed by atoms with Crippen LogP contribution >= 0.6 is 0 Å². The molecule has 1 N–H and O–H groups in total. The van der Waals surface area contributed by atoms with E-state index < -0.39 is 32.2 Å². The van der Waals surface area contributed by atoms with Gasteiger partial charge in [0.2, 0.25) is 10.0 Å². The van der Waals surface area contributed by atoms with Gasteiger partial charge in [0.05, 0.1) is 24.9 Å². The summed E-state index contributed by atoms with van der Waals surface area (Å²) >= 11 is 0. The second kappa shape index (κ2) is 7.41. The van der Waals surface area contributed by atoms with Crippen LogP contribution < -0.4 is 16.0 Å². The Kier molecular flexibility index (Phi) is 5.36. The van der Waals surface area contributed by atoms with E-state index in [1.165, 1.54) is 14.1 Å². The van der Waals surface area contributed by atoms with Gasteiger partial charge in [0.1, 0.15) is 0 Å². The Balaban J connectivity index is 1.94. The average molecular weight is 397 g/mol. The molecule has 0 amide bonds. The van der Waals surface area contributed by atoms with Crippen molar-refractivity contribution >= 4 is 10.0 Å². The van der Waals surface area contributed by atoms with E-state index in [2.05, 4.69) is 9.82 Å². The number of ether oxygens (including phenoxy) is 1. The van der Waals surface area contributed by atoms with E-state index >= 15 is 0 Å². The minimum Gasteiger partial charge on any atom is -0.383 e. The van der Waals surface area contributed by atoms with E-state index in [9.17, 15) is 18.0 Å². The molecule has 2 heterocycles. The van der Waals surface area contributed by atoms with Crippen molar-refractivity contribution in [3.05, 3.63) is 44.5 Å². The minimum atomic E-state index is -4.12. The Bertz CT molecular complexity index is 1070. The Morgan fingerprint density at radius 1 is 1.30 bits per heavy atom.